The zero-order chi connectivity index (χ0) is 17.9. The van der Waals surface area contributed by atoms with E-state index in [1.165, 1.54) is 6.20 Å². The minimum Gasteiger partial charge on any atom is -0.405 e. The van der Waals surface area contributed by atoms with Crippen molar-refractivity contribution in [3.63, 3.8) is 0 Å². The molecule has 5 N–H and O–H groups in total. The number of halogens is 2. The highest BCUT2D eigenvalue weighted by Crippen LogP contribution is 2.27. The Kier molecular flexibility index (Phi) is 8.54. The van der Waals surface area contributed by atoms with E-state index in [0.717, 1.165) is 42.5 Å². The van der Waals surface area contributed by atoms with Gasteiger partial charge in [0.2, 0.25) is 12.8 Å². The van der Waals surface area contributed by atoms with E-state index < -0.39 is 6.93 Å². The van der Waals surface area contributed by atoms with Crippen LogP contribution in [0.3, 0.4) is 0 Å². The number of carbonyl (C=O) groups is 1. The van der Waals surface area contributed by atoms with Crippen molar-refractivity contribution in [2.75, 3.05) is 12.2 Å². The van der Waals surface area contributed by atoms with Crippen LogP contribution in [0.2, 0.25) is 0 Å². The Hall–Kier alpha value is -2.37. The molecule has 0 bridgehead atoms. The fraction of sp³-hybridized carbons (Fsp3) is 0.389. The Bertz CT molecular complexity index is 594. The summed E-state index contributed by atoms with van der Waals surface area (Å²) in [4.78, 5) is 12.2. The van der Waals surface area contributed by atoms with Gasteiger partial charge < -0.3 is 16.8 Å². The lowest BCUT2D eigenvalue weighted by Gasteiger charge is -2.13. The van der Waals surface area contributed by atoms with Crippen molar-refractivity contribution in [2.24, 2.45) is 17.4 Å². The number of nitrogens with two attached hydrogens (primary N) is 2. The maximum absolute atomic E-state index is 12.2. The van der Waals surface area contributed by atoms with Gasteiger partial charge in [-0.25, -0.2) is 8.78 Å². The summed E-state index contributed by atoms with van der Waals surface area (Å²) in [5, 5.41) is 3.00. The quantitative estimate of drug-likeness (QED) is 0.731. The normalized spacial score (nSPS) is 15.2. The predicted octanol–water partition coefficient (Wildman–Crippen LogP) is 3.78. The zero-order valence-corrected chi connectivity index (χ0v) is 13.9. The van der Waals surface area contributed by atoms with Crippen LogP contribution in [-0.4, -0.2) is 12.8 Å². The van der Waals surface area contributed by atoms with Gasteiger partial charge in [-0.3, -0.25) is 4.79 Å². The summed E-state index contributed by atoms with van der Waals surface area (Å²) >= 11 is 0. The summed E-state index contributed by atoms with van der Waals surface area (Å²) in [6, 6.07) is 5.79. The zero-order valence-electron chi connectivity index (χ0n) is 13.9. The van der Waals surface area contributed by atoms with Crippen molar-refractivity contribution in [2.45, 2.75) is 32.6 Å². The summed E-state index contributed by atoms with van der Waals surface area (Å²) in [7, 11) is 0. The molecular formula is C18H25F2N3O. The lowest BCUT2D eigenvalue weighted by atomic mass is 10.0. The number of hydrogen-bond acceptors (Lipinski definition) is 3. The van der Waals surface area contributed by atoms with E-state index in [1.807, 2.05) is 25.1 Å². The molecule has 1 saturated carbocycles. The smallest absolute Gasteiger partial charge is 0.229 e. The molecule has 24 heavy (non-hydrogen) atoms. The molecule has 0 aliphatic heterocycles. The standard InChI is InChI=1S/C17H23N3O.CH2F2/c1-12-8-9-14(11-15(12)16(19)7-4-10-18)20-17(21)13-5-2-3-6-13;2-1-3/h4,7-11,13H,2-3,5-6,18-19H2,1H3,(H,20,21);1H2/b10-4-,16-7-;. The number of benzene rings is 1. The SMILES string of the molecule is Cc1ccc(NC(=O)C2CCCC2)cc1/C(N)=C/C=C\N.FCF. The summed E-state index contributed by atoms with van der Waals surface area (Å²) in [5.74, 6) is 0.273. The number of aryl methyl sites for hydroxylation is 1. The first-order valence-corrected chi connectivity index (χ1v) is 7.91. The first-order valence-electron chi connectivity index (χ1n) is 7.91. The number of nitrogens with one attached hydrogen (secondary N) is 1. The fourth-order valence-electron chi connectivity index (χ4n) is 2.69. The van der Waals surface area contributed by atoms with Gasteiger partial charge in [-0.05, 0) is 55.8 Å². The molecule has 0 unspecified atom stereocenters. The van der Waals surface area contributed by atoms with E-state index in [9.17, 15) is 13.6 Å². The van der Waals surface area contributed by atoms with Crippen LogP contribution >= 0.6 is 0 Å². The number of carbonyl (C=O) groups excluding carboxylic acids is 1. The highest BCUT2D eigenvalue weighted by atomic mass is 19.3. The highest BCUT2D eigenvalue weighted by Gasteiger charge is 2.22. The molecule has 4 nitrogen and oxygen atoms in total. The third kappa shape index (κ3) is 6.02. The molecule has 0 saturated heterocycles. The topological polar surface area (TPSA) is 81.1 Å². The fourth-order valence-corrected chi connectivity index (χ4v) is 2.69. The average Bonchev–Trinajstić information content (AvgIpc) is 3.09. The van der Waals surface area contributed by atoms with Gasteiger partial charge in [0, 0.05) is 22.9 Å². The molecule has 2 rings (SSSR count). The molecule has 0 aromatic heterocycles. The van der Waals surface area contributed by atoms with Crippen LogP contribution in [0.5, 0.6) is 0 Å². The third-order valence-corrected chi connectivity index (χ3v) is 3.93. The second-order valence-electron chi connectivity index (χ2n) is 5.61. The molecule has 0 radical (unpaired) electrons. The number of rotatable bonds is 4. The largest absolute Gasteiger partial charge is 0.405 e. The van der Waals surface area contributed by atoms with Gasteiger partial charge in [-0.2, -0.15) is 0 Å². The average molecular weight is 337 g/mol. The Morgan fingerprint density at radius 1 is 1.33 bits per heavy atom. The van der Waals surface area contributed by atoms with Crippen LogP contribution in [0.15, 0.2) is 36.6 Å². The van der Waals surface area contributed by atoms with E-state index in [4.69, 9.17) is 11.5 Å². The van der Waals surface area contributed by atoms with Crippen LogP contribution in [0.4, 0.5) is 14.5 Å². The van der Waals surface area contributed by atoms with Gasteiger partial charge in [0.25, 0.3) is 0 Å². The number of anilines is 1. The van der Waals surface area contributed by atoms with Gasteiger partial charge >= 0.3 is 0 Å². The molecular weight excluding hydrogens is 312 g/mol. The van der Waals surface area contributed by atoms with Crippen molar-refractivity contribution in [3.05, 3.63) is 47.7 Å². The summed E-state index contributed by atoms with van der Waals surface area (Å²) in [5.41, 5.74) is 14.8. The van der Waals surface area contributed by atoms with Crippen molar-refractivity contribution in [3.8, 4) is 0 Å². The van der Waals surface area contributed by atoms with Gasteiger partial charge in [-0.15, -0.1) is 0 Å². The van der Waals surface area contributed by atoms with E-state index in [1.54, 1.807) is 12.2 Å². The molecule has 132 valence electrons. The second kappa shape index (κ2) is 10.4. The summed E-state index contributed by atoms with van der Waals surface area (Å²) in [6.07, 6.45) is 9.18. The monoisotopic (exact) mass is 337 g/mol. The molecule has 0 atom stereocenters. The van der Waals surface area contributed by atoms with Gasteiger partial charge in [0.15, 0.2) is 0 Å². The van der Waals surface area contributed by atoms with Crippen LogP contribution in [0.25, 0.3) is 5.70 Å². The van der Waals surface area contributed by atoms with E-state index in [0.29, 0.717) is 5.70 Å². The van der Waals surface area contributed by atoms with Gasteiger partial charge in [0.05, 0.1) is 0 Å². The first-order chi connectivity index (χ1) is 11.5. The Balaban J connectivity index is 0.000000891. The maximum atomic E-state index is 12.2. The number of amides is 1. The lowest BCUT2D eigenvalue weighted by Crippen LogP contribution is -2.20. The van der Waals surface area contributed by atoms with E-state index in [2.05, 4.69) is 5.32 Å². The maximum Gasteiger partial charge on any atom is 0.229 e. The predicted molar refractivity (Wildman–Crippen MR) is 94.3 cm³/mol. The minimum absolute atomic E-state index is 0.117. The Morgan fingerprint density at radius 2 is 1.96 bits per heavy atom. The van der Waals surface area contributed by atoms with Crippen LogP contribution < -0.4 is 16.8 Å². The van der Waals surface area contributed by atoms with Crippen LogP contribution in [0.1, 0.15) is 36.8 Å². The molecule has 1 aliphatic rings. The third-order valence-electron chi connectivity index (χ3n) is 3.93. The summed E-state index contributed by atoms with van der Waals surface area (Å²) < 4.78 is 19.2. The Labute approximate surface area is 141 Å². The Morgan fingerprint density at radius 3 is 2.54 bits per heavy atom. The van der Waals surface area contributed by atoms with E-state index in [-0.39, 0.29) is 11.8 Å². The van der Waals surface area contributed by atoms with Crippen molar-refractivity contribution in [1.29, 1.82) is 0 Å². The van der Waals surface area contributed by atoms with Crippen LogP contribution in [0, 0.1) is 12.8 Å². The molecule has 1 amide bonds. The number of hydrogen-bond donors (Lipinski definition) is 3. The molecule has 1 aromatic carbocycles. The van der Waals surface area contributed by atoms with E-state index >= 15 is 0 Å². The number of alkyl halides is 2. The van der Waals surface area contributed by atoms with Gasteiger partial charge in [0.1, 0.15) is 0 Å². The molecule has 0 spiro atoms. The first kappa shape index (κ1) is 19.7. The molecule has 1 aromatic rings. The second-order valence-corrected chi connectivity index (χ2v) is 5.61. The molecule has 0 heterocycles. The van der Waals surface area contributed by atoms with Crippen molar-refractivity contribution < 1.29 is 13.6 Å². The van der Waals surface area contributed by atoms with Crippen molar-refractivity contribution >= 4 is 17.3 Å². The van der Waals surface area contributed by atoms with Crippen LogP contribution in [-0.2, 0) is 4.79 Å². The van der Waals surface area contributed by atoms with Crippen molar-refractivity contribution in [1.82, 2.24) is 0 Å². The summed E-state index contributed by atoms with van der Waals surface area (Å²) in [6.45, 7) is 0.241. The molecule has 6 heteroatoms. The molecule has 1 fully saturated rings. The number of allylic oxidation sites excluding steroid dienone is 2. The minimum atomic E-state index is -1.75. The van der Waals surface area contributed by atoms with Gasteiger partial charge in [-0.1, -0.05) is 18.9 Å². The molecule has 1 aliphatic carbocycles. The lowest BCUT2D eigenvalue weighted by molar-refractivity contribution is -0.119. The highest BCUT2D eigenvalue weighted by molar-refractivity contribution is 5.93.